The highest BCUT2D eigenvalue weighted by atomic mass is 32.2. The van der Waals surface area contributed by atoms with E-state index in [0.29, 0.717) is 23.2 Å². The Morgan fingerprint density at radius 3 is 2.29 bits per heavy atom. The molecule has 0 unspecified atom stereocenters. The lowest BCUT2D eigenvalue weighted by molar-refractivity contribution is 0.0654. The molecule has 0 saturated heterocycles. The number of benzene rings is 2. The fourth-order valence-corrected chi connectivity index (χ4v) is 4.96. The molecule has 0 aromatic heterocycles. The van der Waals surface area contributed by atoms with E-state index in [4.69, 9.17) is 0 Å². The summed E-state index contributed by atoms with van der Waals surface area (Å²) in [6.07, 6.45) is 4.43. The van der Waals surface area contributed by atoms with E-state index in [1.807, 2.05) is 11.0 Å². The van der Waals surface area contributed by atoms with Crippen LogP contribution in [0, 0.1) is 5.92 Å². The molecule has 0 heterocycles. The summed E-state index contributed by atoms with van der Waals surface area (Å²) in [6, 6.07) is 15.9. The molecule has 4 rings (SSSR count). The van der Waals surface area contributed by atoms with Crippen molar-refractivity contribution in [3.8, 4) is 0 Å². The van der Waals surface area contributed by atoms with Crippen molar-refractivity contribution in [1.29, 1.82) is 0 Å². The monoisotopic (exact) mass is 398 g/mol. The molecular weight excluding hydrogens is 372 g/mol. The lowest BCUT2D eigenvalue weighted by Gasteiger charge is -2.30. The second kappa shape index (κ2) is 7.24. The molecule has 0 N–H and O–H groups in total. The standard InChI is InChI=1S/C22H26N2O3S/c1-16(17-11-12-17)24(20-13-14-20)22(25)18-7-6-10-21(15-18)28(26,27)23(2)19-8-4-3-5-9-19/h3-10,15-17,20H,11-14H2,1-2H3/t16-/m1/s1. The van der Waals surface area contributed by atoms with Gasteiger partial charge in [0.05, 0.1) is 10.6 Å². The largest absolute Gasteiger partial charge is 0.333 e. The third-order valence-electron chi connectivity index (χ3n) is 5.78. The SMILES string of the molecule is C[C@H](C1CC1)N(C(=O)c1cccc(S(=O)(=O)N(C)c2ccccc2)c1)C1CC1. The van der Waals surface area contributed by atoms with Crippen molar-refractivity contribution in [3.63, 3.8) is 0 Å². The maximum Gasteiger partial charge on any atom is 0.264 e. The van der Waals surface area contributed by atoms with Gasteiger partial charge in [-0.25, -0.2) is 8.42 Å². The van der Waals surface area contributed by atoms with Crippen LogP contribution in [0.25, 0.3) is 0 Å². The second-order valence-electron chi connectivity index (χ2n) is 7.86. The Morgan fingerprint density at radius 1 is 1.00 bits per heavy atom. The summed E-state index contributed by atoms with van der Waals surface area (Å²) in [5.74, 6) is 0.530. The van der Waals surface area contributed by atoms with Crippen molar-refractivity contribution in [2.75, 3.05) is 11.4 Å². The van der Waals surface area contributed by atoms with Gasteiger partial charge in [0.2, 0.25) is 0 Å². The second-order valence-corrected chi connectivity index (χ2v) is 9.83. The van der Waals surface area contributed by atoms with Gasteiger partial charge in [0.1, 0.15) is 0 Å². The molecule has 0 bridgehead atoms. The average Bonchev–Trinajstić information content (AvgIpc) is 3.61. The predicted molar refractivity (Wildman–Crippen MR) is 110 cm³/mol. The average molecular weight is 399 g/mol. The van der Waals surface area contributed by atoms with Gasteiger partial charge in [0.15, 0.2) is 0 Å². The van der Waals surface area contributed by atoms with Gasteiger partial charge in [-0.3, -0.25) is 9.10 Å². The molecule has 2 aromatic carbocycles. The molecule has 148 valence electrons. The normalized spacial score (nSPS) is 17.8. The molecule has 2 saturated carbocycles. The lowest BCUT2D eigenvalue weighted by atomic mass is 10.1. The van der Waals surface area contributed by atoms with E-state index in [9.17, 15) is 13.2 Å². The Bertz CT molecular complexity index is 966. The third-order valence-corrected chi connectivity index (χ3v) is 7.56. The summed E-state index contributed by atoms with van der Waals surface area (Å²) in [6.45, 7) is 2.12. The summed E-state index contributed by atoms with van der Waals surface area (Å²) in [5, 5.41) is 0. The van der Waals surface area contributed by atoms with Crippen molar-refractivity contribution < 1.29 is 13.2 Å². The Labute approximate surface area is 167 Å². The van der Waals surface area contributed by atoms with Crippen molar-refractivity contribution in [2.45, 2.75) is 49.6 Å². The number of anilines is 1. The Balaban J connectivity index is 1.62. The molecule has 2 fully saturated rings. The molecule has 0 radical (unpaired) electrons. The Hall–Kier alpha value is -2.34. The highest BCUT2D eigenvalue weighted by molar-refractivity contribution is 7.92. The van der Waals surface area contributed by atoms with E-state index in [1.54, 1.807) is 42.5 Å². The van der Waals surface area contributed by atoms with Gasteiger partial charge in [-0.05, 0) is 68.9 Å². The third kappa shape index (κ3) is 3.65. The summed E-state index contributed by atoms with van der Waals surface area (Å²) in [7, 11) is -2.21. The molecule has 5 nitrogen and oxygen atoms in total. The molecule has 0 aliphatic heterocycles. The maximum atomic E-state index is 13.2. The van der Waals surface area contributed by atoms with Crippen molar-refractivity contribution in [3.05, 3.63) is 60.2 Å². The van der Waals surface area contributed by atoms with Crippen LogP contribution >= 0.6 is 0 Å². The number of hydrogen-bond donors (Lipinski definition) is 0. The minimum Gasteiger partial charge on any atom is -0.333 e. The van der Waals surface area contributed by atoms with Crippen molar-refractivity contribution in [2.24, 2.45) is 5.92 Å². The first-order valence-corrected chi connectivity index (χ1v) is 11.3. The molecular formula is C22H26N2O3S. The molecule has 0 spiro atoms. The van der Waals surface area contributed by atoms with Gasteiger partial charge < -0.3 is 4.90 Å². The summed E-state index contributed by atoms with van der Waals surface area (Å²) < 4.78 is 27.4. The van der Waals surface area contributed by atoms with Crippen molar-refractivity contribution in [1.82, 2.24) is 4.90 Å². The topological polar surface area (TPSA) is 57.7 Å². The first-order valence-electron chi connectivity index (χ1n) is 9.86. The predicted octanol–water partition coefficient (Wildman–Crippen LogP) is 3.91. The van der Waals surface area contributed by atoms with E-state index < -0.39 is 10.0 Å². The fourth-order valence-electron chi connectivity index (χ4n) is 3.72. The van der Waals surface area contributed by atoms with Crippen LogP contribution in [0.1, 0.15) is 43.0 Å². The summed E-state index contributed by atoms with van der Waals surface area (Å²) in [4.78, 5) is 15.4. The molecule has 1 atom stereocenters. The zero-order valence-electron chi connectivity index (χ0n) is 16.3. The highest BCUT2D eigenvalue weighted by Gasteiger charge is 2.42. The summed E-state index contributed by atoms with van der Waals surface area (Å²) in [5.41, 5.74) is 1.03. The number of para-hydroxylation sites is 1. The van der Waals surface area contributed by atoms with Crippen LogP contribution in [-0.4, -0.2) is 38.4 Å². The van der Waals surface area contributed by atoms with Crippen LogP contribution in [0.3, 0.4) is 0 Å². The number of hydrogen-bond acceptors (Lipinski definition) is 3. The van der Waals surface area contributed by atoms with Crippen LogP contribution in [0.5, 0.6) is 0 Å². The number of carbonyl (C=O) groups is 1. The summed E-state index contributed by atoms with van der Waals surface area (Å²) >= 11 is 0. The number of sulfonamides is 1. The van der Waals surface area contributed by atoms with Crippen LogP contribution in [0.4, 0.5) is 5.69 Å². The number of rotatable bonds is 7. The number of amides is 1. The minimum atomic E-state index is -3.74. The first-order chi connectivity index (χ1) is 13.4. The highest BCUT2D eigenvalue weighted by Crippen LogP contribution is 2.40. The van der Waals surface area contributed by atoms with Crippen LogP contribution in [0.2, 0.25) is 0 Å². The molecule has 1 amide bonds. The van der Waals surface area contributed by atoms with Gasteiger partial charge in [-0.15, -0.1) is 0 Å². The van der Waals surface area contributed by atoms with Gasteiger partial charge in [-0.1, -0.05) is 24.3 Å². The smallest absolute Gasteiger partial charge is 0.264 e. The quantitative estimate of drug-likeness (QED) is 0.710. The molecule has 28 heavy (non-hydrogen) atoms. The van der Waals surface area contributed by atoms with Crippen LogP contribution in [-0.2, 0) is 10.0 Å². The zero-order chi connectivity index (χ0) is 19.9. The maximum absolute atomic E-state index is 13.2. The van der Waals surface area contributed by atoms with E-state index in [1.165, 1.54) is 30.3 Å². The van der Waals surface area contributed by atoms with Crippen LogP contribution in [0.15, 0.2) is 59.5 Å². The lowest BCUT2D eigenvalue weighted by Crippen LogP contribution is -2.41. The van der Waals surface area contributed by atoms with E-state index >= 15 is 0 Å². The number of nitrogens with zero attached hydrogens (tertiary/aromatic N) is 2. The Morgan fingerprint density at radius 2 is 1.68 bits per heavy atom. The molecule has 2 aliphatic rings. The molecule has 2 aliphatic carbocycles. The first kappa shape index (κ1) is 19.0. The van der Waals surface area contributed by atoms with Gasteiger partial charge in [0, 0.05) is 24.7 Å². The number of carbonyl (C=O) groups excluding carboxylic acids is 1. The fraction of sp³-hybridized carbons (Fsp3) is 0.409. The minimum absolute atomic E-state index is 0.0543. The molecule has 6 heteroatoms. The van der Waals surface area contributed by atoms with E-state index in [-0.39, 0.29) is 16.8 Å². The van der Waals surface area contributed by atoms with Gasteiger partial charge in [0.25, 0.3) is 15.9 Å². The van der Waals surface area contributed by atoms with Gasteiger partial charge >= 0.3 is 0 Å². The van der Waals surface area contributed by atoms with Crippen molar-refractivity contribution >= 4 is 21.6 Å². The van der Waals surface area contributed by atoms with Gasteiger partial charge in [-0.2, -0.15) is 0 Å². The van der Waals surface area contributed by atoms with Crippen LogP contribution < -0.4 is 4.31 Å². The van der Waals surface area contributed by atoms with E-state index in [2.05, 4.69) is 6.92 Å². The Kier molecular flexibility index (Phi) is 4.91. The molecule has 2 aromatic rings. The zero-order valence-corrected chi connectivity index (χ0v) is 17.1. The van der Waals surface area contributed by atoms with E-state index in [0.717, 1.165) is 12.8 Å².